The highest BCUT2D eigenvalue weighted by Crippen LogP contribution is 2.24. The molecule has 122 valence electrons. The van der Waals surface area contributed by atoms with E-state index in [1.54, 1.807) is 17.5 Å². The molecule has 1 amide bonds. The molecule has 3 rings (SSSR count). The molecule has 1 saturated heterocycles. The summed E-state index contributed by atoms with van der Waals surface area (Å²) in [6.45, 7) is 1.64. The summed E-state index contributed by atoms with van der Waals surface area (Å²) in [7, 11) is 0. The minimum atomic E-state index is -0.903. The second-order valence-electron chi connectivity index (χ2n) is 6.02. The van der Waals surface area contributed by atoms with Crippen molar-refractivity contribution in [3.8, 4) is 0 Å². The van der Waals surface area contributed by atoms with Crippen LogP contribution in [-0.4, -0.2) is 41.2 Å². The van der Waals surface area contributed by atoms with E-state index in [4.69, 9.17) is 0 Å². The maximum Gasteiger partial charge on any atom is 0.224 e. The fraction of sp³-hybridized carbons (Fsp3) is 0.412. The van der Waals surface area contributed by atoms with Crippen molar-refractivity contribution in [1.29, 1.82) is 0 Å². The number of aliphatic hydroxyl groups is 1. The highest BCUT2D eigenvalue weighted by atomic mass is 32.1. The number of piperidine rings is 1. The molecule has 2 N–H and O–H groups in total. The van der Waals surface area contributed by atoms with Gasteiger partial charge in [-0.1, -0.05) is 6.07 Å². The van der Waals surface area contributed by atoms with E-state index in [1.165, 1.54) is 0 Å². The predicted molar refractivity (Wildman–Crippen MR) is 91.7 cm³/mol. The Morgan fingerprint density at radius 2 is 2.35 bits per heavy atom. The minimum Gasteiger partial charge on any atom is -0.386 e. The first-order valence-corrected chi connectivity index (χ1v) is 8.75. The molecule has 0 spiro atoms. The normalized spacial score (nSPS) is 21.2. The van der Waals surface area contributed by atoms with Crippen LogP contribution in [0.25, 0.3) is 0 Å². The molecule has 2 aromatic heterocycles. The largest absolute Gasteiger partial charge is 0.386 e. The quantitative estimate of drug-likeness (QED) is 0.877. The van der Waals surface area contributed by atoms with Crippen LogP contribution >= 0.6 is 11.3 Å². The van der Waals surface area contributed by atoms with Crippen LogP contribution in [0.15, 0.2) is 41.2 Å². The molecule has 1 atom stereocenters. The van der Waals surface area contributed by atoms with Gasteiger partial charge in [0.05, 0.1) is 12.0 Å². The zero-order valence-electron chi connectivity index (χ0n) is 12.9. The number of pyridine rings is 1. The lowest BCUT2D eigenvalue weighted by molar-refractivity contribution is -0.121. The van der Waals surface area contributed by atoms with E-state index in [0.717, 1.165) is 24.3 Å². The molecule has 1 aliphatic heterocycles. The summed E-state index contributed by atoms with van der Waals surface area (Å²) in [5.41, 5.74) is 0.110. The summed E-state index contributed by atoms with van der Waals surface area (Å²) < 4.78 is 0. The third-order valence-corrected chi connectivity index (χ3v) is 4.82. The summed E-state index contributed by atoms with van der Waals surface area (Å²) in [5.74, 6) is 0.821. The molecule has 0 aromatic carbocycles. The first kappa shape index (κ1) is 16.0. The van der Waals surface area contributed by atoms with Gasteiger partial charge >= 0.3 is 0 Å². The molecule has 1 fully saturated rings. The number of nitrogens with zero attached hydrogens (tertiary/aromatic N) is 2. The third-order valence-electron chi connectivity index (χ3n) is 4.09. The number of carbonyl (C=O) groups excluding carboxylic acids is 1. The van der Waals surface area contributed by atoms with Gasteiger partial charge in [-0.25, -0.2) is 4.98 Å². The smallest absolute Gasteiger partial charge is 0.224 e. The van der Waals surface area contributed by atoms with Gasteiger partial charge in [0.1, 0.15) is 5.82 Å². The number of rotatable bonds is 5. The molecule has 2 aromatic rings. The van der Waals surface area contributed by atoms with Crippen LogP contribution in [0, 0.1) is 0 Å². The number of thiophene rings is 1. The van der Waals surface area contributed by atoms with Crippen molar-refractivity contribution in [3.05, 3.63) is 46.8 Å². The molecule has 0 saturated carbocycles. The minimum absolute atomic E-state index is 0.0493. The number of hydrogen-bond donors (Lipinski definition) is 2. The molecule has 3 heterocycles. The molecule has 23 heavy (non-hydrogen) atoms. The Morgan fingerprint density at radius 1 is 1.43 bits per heavy atom. The predicted octanol–water partition coefficient (Wildman–Crippen LogP) is 1.83. The number of β-amino-alcohol motifs (C(OH)–C–C–N with tert-alkyl or cyclic N) is 1. The topological polar surface area (TPSA) is 65.5 Å². The standard InChI is InChI=1S/C17H21N3O2S/c21-16(10-14-5-9-23-11-14)19-12-17(22)6-3-8-20(13-17)15-4-1-2-7-18-15/h1-2,4-5,7,9,11,22H,3,6,8,10,12-13H2,(H,19,21)/t17-/m0/s1. The van der Waals surface area contributed by atoms with Crippen LogP contribution in [0.5, 0.6) is 0 Å². The highest BCUT2D eigenvalue weighted by Gasteiger charge is 2.34. The summed E-state index contributed by atoms with van der Waals surface area (Å²) in [4.78, 5) is 18.4. The third kappa shape index (κ3) is 4.30. The summed E-state index contributed by atoms with van der Waals surface area (Å²) in [5, 5.41) is 17.6. The SMILES string of the molecule is O=C(Cc1ccsc1)NC[C@@]1(O)CCCN(c2ccccn2)C1. The highest BCUT2D eigenvalue weighted by molar-refractivity contribution is 7.07. The Bertz CT molecular complexity index is 633. The first-order valence-electron chi connectivity index (χ1n) is 7.81. The van der Waals surface area contributed by atoms with Crippen LogP contribution in [-0.2, 0) is 11.2 Å². The number of amides is 1. The van der Waals surface area contributed by atoms with Crippen molar-refractivity contribution in [2.45, 2.75) is 24.9 Å². The Hall–Kier alpha value is -1.92. The monoisotopic (exact) mass is 331 g/mol. The van der Waals surface area contributed by atoms with Gasteiger partial charge in [0.15, 0.2) is 0 Å². The summed E-state index contributed by atoms with van der Waals surface area (Å²) in [6.07, 6.45) is 3.69. The van der Waals surface area contributed by atoms with Gasteiger partial charge in [-0.3, -0.25) is 4.79 Å². The lowest BCUT2D eigenvalue weighted by Crippen LogP contribution is -2.54. The molecule has 5 nitrogen and oxygen atoms in total. The maximum atomic E-state index is 12.0. The second-order valence-corrected chi connectivity index (χ2v) is 6.80. The zero-order valence-corrected chi connectivity index (χ0v) is 13.8. The number of aromatic nitrogens is 1. The van der Waals surface area contributed by atoms with Crippen molar-refractivity contribution in [2.24, 2.45) is 0 Å². The average molecular weight is 331 g/mol. The maximum absolute atomic E-state index is 12.0. The van der Waals surface area contributed by atoms with Crippen LogP contribution in [0.4, 0.5) is 5.82 Å². The van der Waals surface area contributed by atoms with E-state index in [2.05, 4.69) is 15.2 Å². The van der Waals surface area contributed by atoms with Crippen molar-refractivity contribution < 1.29 is 9.90 Å². The molecule has 0 radical (unpaired) electrons. The lowest BCUT2D eigenvalue weighted by atomic mass is 9.92. The fourth-order valence-corrected chi connectivity index (χ4v) is 3.57. The van der Waals surface area contributed by atoms with E-state index in [1.807, 2.05) is 35.0 Å². The van der Waals surface area contributed by atoms with E-state index < -0.39 is 5.60 Å². The molecule has 0 bridgehead atoms. The number of carbonyl (C=O) groups is 1. The molecule has 6 heteroatoms. The number of anilines is 1. The van der Waals surface area contributed by atoms with Crippen molar-refractivity contribution >= 4 is 23.1 Å². The molecular weight excluding hydrogens is 310 g/mol. The van der Waals surface area contributed by atoms with Crippen molar-refractivity contribution in [3.63, 3.8) is 0 Å². The van der Waals surface area contributed by atoms with Gasteiger partial charge in [-0.15, -0.1) is 0 Å². The van der Waals surface area contributed by atoms with E-state index in [0.29, 0.717) is 19.4 Å². The summed E-state index contributed by atoms with van der Waals surface area (Å²) in [6, 6.07) is 7.71. The van der Waals surface area contributed by atoms with Crippen molar-refractivity contribution in [2.75, 3.05) is 24.5 Å². The first-order chi connectivity index (χ1) is 11.1. The van der Waals surface area contributed by atoms with Crippen LogP contribution < -0.4 is 10.2 Å². The van der Waals surface area contributed by atoms with Gasteiger partial charge in [0.2, 0.25) is 5.91 Å². The average Bonchev–Trinajstić information content (AvgIpc) is 3.07. The molecule has 0 unspecified atom stereocenters. The Kier molecular flexibility index (Phi) is 4.93. The van der Waals surface area contributed by atoms with Crippen LogP contribution in [0.3, 0.4) is 0 Å². The Balaban J connectivity index is 1.55. The van der Waals surface area contributed by atoms with Gasteiger partial charge in [0, 0.05) is 25.8 Å². The van der Waals surface area contributed by atoms with Crippen LogP contribution in [0.1, 0.15) is 18.4 Å². The van der Waals surface area contributed by atoms with Crippen LogP contribution in [0.2, 0.25) is 0 Å². The van der Waals surface area contributed by atoms with E-state index in [9.17, 15) is 9.90 Å². The molecule has 1 aliphatic rings. The lowest BCUT2D eigenvalue weighted by Gasteiger charge is -2.39. The van der Waals surface area contributed by atoms with E-state index >= 15 is 0 Å². The van der Waals surface area contributed by atoms with Gasteiger partial charge in [0.25, 0.3) is 0 Å². The molecular formula is C17H21N3O2S. The van der Waals surface area contributed by atoms with Gasteiger partial charge in [-0.2, -0.15) is 11.3 Å². The number of nitrogens with one attached hydrogen (secondary N) is 1. The Labute approximate surface area is 140 Å². The summed E-state index contributed by atoms with van der Waals surface area (Å²) >= 11 is 1.58. The zero-order chi connectivity index (χ0) is 16.1. The van der Waals surface area contributed by atoms with E-state index in [-0.39, 0.29) is 12.5 Å². The van der Waals surface area contributed by atoms with Gasteiger partial charge in [-0.05, 0) is 47.4 Å². The van der Waals surface area contributed by atoms with Crippen molar-refractivity contribution in [1.82, 2.24) is 10.3 Å². The fourth-order valence-electron chi connectivity index (χ4n) is 2.90. The second kappa shape index (κ2) is 7.10. The Morgan fingerprint density at radius 3 is 3.09 bits per heavy atom. The van der Waals surface area contributed by atoms with Gasteiger partial charge < -0.3 is 15.3 Å². The number of hydrogen-bond acceptors (Lipinski definition) is 5. The molecule has 0 aliphatic carbocycles.